The van der Waals surface area contributed by atoms with Gasteiger partial charge in [0.1, 0.15) is 35.2 Å². The lowest BCUT2D eigenvalue weighted by atomic mass is 10.1. The van der Waals surface area contributed by atoms with Gasteiger partial charge in [0.2, 0.25) is 5.95 Å². The molecule has 1 saturated heterocycles. The summed E-state index contributed by atoms with van der Waals surface area (Å²) < 4.78 is 7.60. The number of rotatable bonds is 6. The maximum absolute atomic E-state index is 8.99. The van der Waals surface area contributed by atoms with Crippen LogP contribution in [-0.4, -0.2) is 47.6 Å². The summed E-state index contributed by atoms with van der Waals surface area (Å²) in [5.74, 6) is 2.58. The zero-order chi connectivity index (χ0) is 24.5. The molecule has 4 aromatic heterocycles. The number of benzene rings is 1. The molecule has 1 aliphatic heterocycles. The normalized spacial score (nSPS) is 15.3. The summed E-state index contributed by atoms with van der Waals surface area (Å²) in [6, 6.07) is 11.2. The molecule has 0 unspecified atom stereocenters. The molecular formula is C24H19ClN10O. The lowest BCUT2D eigenvalue weighted by Gasteiger charge is -2.16. The highest BCUT2D eigenvalue weighted by atomic mass is 35.5. The van der Waals surface area contributed by atoms with Crippen molar-refractivity contribution in [3.8, 4) is 17.6 Å². The van der Waals surface area contributed by atoms with Crippen LogP contribution in [0, 0.1) is 17.2 Å². The Hall–Kier alpha value is -4.56. The zero-order valence-corrected chi connectivity index (χ0v) is 19.7. The number of nitrogens with zero attached hydrogens (tertiary/aromatic N) is 9. The second kappa shape index (κ2) is 9.24. The topological polar surface area (TPSA) is 130 Å². The highest BCUT2D eigenvalue weighted by molar-refractivity contribution is 6.32. The molecule has 1 atom stereocenters. The third kappa shape index (κ3) is 4.30. The van der Waals surface area contributed by atoms with E-state index in [1.165, 1.54) is 12.7 Å². The molecule has 1 fully saturated rings. The molecule has 12 heteroatoms. The van der Waals surface area contributed by atoms with Gasteiger partial charge in [-0.1, -0.05) is 11.6 Å². The Morgan fingerprint density at radius 2 is 2.08 bits per heavy atom. The first-order valence-corrected chi connectivity index (χ1v) is 11.7. The lowest BCUT2D eigenvalue weighted by molar-refractivity contribution is 0.482. The number of ether oxygens (including phenoxy) is 1. The molecule has 5 heterocycles. The van der Waals surface area contributed by atoms with E-state index in [0.29, 0.717) is 57.3 Å². The van der Waals surface area contributed by atoms with Gasteiger partial charge in [-0.05, 0) is 36.6 Å². The number of halogens is 1. The number of nitrogens with one attached hydrogen (secondary N) is 1. The molecule has 0 bridgehead atoms. The fourth-order valence-electron chi connectivity index (χ4n) is 4.18. The highest BCUT2D eigenvalue weighted by Gasteiger charge is 2.24. The van der Waals surface area contributed by atoms with E-state index >= 15 is 0 Å². The third-order valence-corrected chi connectivity index (χ3v) is 6.28. The molecule has 6 rings (SSSR count). The number of nitriles is 1. The zero-order valence-electron chi connectivity index (χ0n) is 18.9. The number of hydrogen-bond acceptors (Lipinski definition) is 10. The minimum Gasteiger partial charge on any atom is -0.456 e. The first-order chi connectivity index (χ1) is 17.7. The van der Waals surface area contributed by atoms with Gasteiger partial charge < -0.3 is 15.0 Å². The van der Waals surface area contributed by atoms with Gasteiger partial charge in [0.05, 0.1) is 17.3 Å². The average Bonchev–Trinajstić information content (AvgIpc) is 3.55. The summed E-state index contributed by atoms with van der Waals surface area (Å²) in [7, 11) is 0. The summed E-state index contributed by atoms with van der Waals surface area (Å²) in [4.78, 5) is 24.2. The summed E-state index contributed by atoms with van der Waals surface area (Å²) in [5, 5.41) is 16.8. The smallest absolute Gasteiger partial charge is 0.226 e. The van der Waals surface area contributed by atoms with Crippen LogP contribution in [0.4, 0.5) is 17.5 Å². The maximum atomic E-state index is 8.99. The molecule has 36 heavy (non-hydrogen) atoms. The van der Waals surface area contributed by atoms with Crippen LogP contribution < -0.4 is 15.0 Å². The van der Waals surface area contributed by atoms with Gasteiger partial charge in [-0.25, -0.2) is 29.4 Å². The molecule has 11 nitrogen and oxygen atoms in total. The molecule has 1 aromatic carbocycles. The van der Waals surface area contributed by atoms with Gasteiger partial charge >= 0.3 is 0 Å². The average molecular weight is 499 g/mol. The Bertz CT molecular complexity index is 1610. The van der Waals surface area contributed by atoms with Crippen molar-refractivity contribution >= 4 is 45.7 Å². The van der Waals surface area contributed by atoms with Crippen LogP contribution in [0.25, 0.3) is 16.7 Å². The number of anilines is 3. The van der Waals surface area contributed by atoms with Crippen LogP contribution in [-0.2, 0) is 0 Å². The molecular weight excluding hydrogens is 480 g/mol. The summed E-state index contributed by atoms with van der Waals surface area (Å²) in [6.45, 7) is 1.58. The fourth-order valence-corrected chi connectivity index (χ4v) is 4.40. The van der Waals surface area contributed by atoms with Crippen molar-refractivity contribution in [1.29, 1.82) is 5.26 Å². The van der Waals surface area contributed by atoms with Crippen molar-refractivity contribution in [1.82, 2.24) is 34.5 Å². The predicted molar refractivity (Wildman–Crippen MR) is 133 cm³/mol. The van der Waals surface area contributed by atoms with Gasteiger partial charge in [0, 0.05) is 37.5 Å². The van der Waals surface area contributed by atoms with E-state index in [4.69, 9.17) is 26.6 Å². The lowest BCUT2D eigenvalue weighted by Crippen LogP contribution is -2.22. The van der Waals surface area contributed by atoms with E-state index in [0.717, 1.165) is 25.2 Å². The molecule has 1 N–H and O–H groups in total. The Morgan fingerprint density at radius 1 is 1.14 bits per heavy atom. The van der Waals surface area contributed by atoms with Gasteiger partial charge in [0.25, 0.3) is 0 Å². The van der Waals surface area contributed by atoms with E-state index < -0.39 is 0 Å². The van der Waals surface area contributed by atoms with E-state index in [-0.39, 0.29) is 0 Å². The minimum absolute atomic E-state index is 0.333. The van der Waals surface area contributed by atoms with Crippen LogP contribution in [0.5, 0.6) is 11.5 Å². The van der Waals surface area contributed by atoms with E-state index in [2.05, 4.69) is 41.3 Å². The number of aromatic nitrogens is 7. The van der Waals surface area contributed by atoms with Crippen LogP contribution in [0.3, 0.4) is 0 Å². The van der Waals surface area contributed by atoms with Crippen LogP contribution in [0.1, 0.15) is 12.8 Å². The van der Waals surface area contributed by atoms with Gasteiger partial charge in [-0.3, -0.25) is 0 Å². The fraction of sp³-hybridized carbons (Fsp3) is 0.208. The standard InChI is InChI=1S/C24H19ClN10O/c25-18-9-16(1-2-20(18)36-17-5-8-35-21(10-17)29-14-31-35)32-23-22-19(28-13-30-23)11-27-24(33-22)34-7-4-15(12-34)3-6-26/h1-2,5,8-11,13-15H,3-4,7,12H2,(H,28,30,32)/t15-/m0/s1. The van der Waals surface area contributed by atoms with Crippen LogP contribution in [0.15, 0.2) is 55.4 Å². The van der Waals surface area contributed by atoms with Crippen molar-refractivity contribution in [3.05, 3.63) is 60.4 Å². The Morgan fingerprint density at radius 3 is 2.97 bits per heavy atom. The van der Waals surface area contributed by atoms with Crippen molar-refractivity contribution in [3.63, 3.8) is 0 Å². The van der Waals surface area contributed by atoms with Gasteiger partial charge in [-0.15, -0.1) is 0 Å². The predicted octanol–water partition coefficient (Wildman–Crippen LogP) is 4.39. The second-order valence-electron chi connectivity index (χ2n) is 8.39. The molecule has 178 valence electrons. The van der Waals surface area contributed by atoms with Gasteiger partial charge in [0.15, 0.2) is 11.5 Å². The Kier molecular flexibility index (Phi) is 5.63. The molecule has 0 spiro atoms. The molecule has 0 radical (unpaired) electrons. The quantitative estimate of drug-likeness (QED) is 0.359. The molecule has 1 aliphatic rings. The molecule has 0 amide bonds. The number of pyridine rings is 1. The Balaban J connectivity index is 1.23. The highest BCUT2D eigenvalue weighted by Crippen LogP contribution is 2.33. The van der Waals surface area contributed by atoms with Crippen molar-refractivity contribution in [2.75, 3.05) is 23.3 Å². The van der Waals surface area contributed by atoms with Crippen LogP contribution in [0.2, 0.25) is 5.02 Å². The van der Waals surface area contributed by atoms with Crippen molar-refractivity contribution < 1.29 is 4.74 Å². The first kappa shape index (κ1) is 21.9. The molecule has 0 aliphatic carbocycles. The third-order valence-electron chi connectivity index (χ3n) is 5.99. The van der Waals surface area contributed by atoms with Crippen LogP contribution >= 0.6 is 11.6 Å². The number of hydrogen-bond donors (Lipinski definition) is 1. The summed E-state index contributed by atoms with van der Waals surface area (Å²) >= 11 is 6.53. The number of fused-ring (bicyclic) bond motifs is 2. The van der Waals surface area contributed by atoms with Gasteiger partial charge in [-0.2, -0.15) is 10.4 Å². The van der Waals surface area contributed by atoms with E-state index in [1.54, 1.807) is 41.2 Å². The van der Waals surface area contributed by atoms with E-state index in [1.807, 2.05) is 6.07 Å². The summed E-state index contributed by atoms with van der Waals surface area (Å²) in [5.41, 5.74) is 2.62. The SMILES string of the molecule is N#CC[C@H]1CCN(c2ncc3ncnc(Nc4ccc(Oc5ccn6ncnc6c5)c(Cl)c4)c3n2)C1. The second-order valence-corrected chi connectivity index (χ2v) is 8.79. The summed E-state index contributed by atoms with van der Waals surface area (Å²) in [6.07, 6.45) is 7.89. The minimum atomic E-state index is 0.333. The first-order valence-electron chi connectivity index (χ1n) is 11.3. The van der Waals surface area contributed by atoms with E-state index in [9.17, 15) is 0 Å². The largest absolute Gasteiger partial charge is 0.456 e. The molecule has 5 aromatic rings. The van der Waals surface area contributed by atoms with Crippen molar-refractivity contribution in [2.45, 2.75) is 12.8 Å². The van der Waals surface area contributed by atoms with Crippen molar-refractivity contribution in [2.24, 2.45) is 5.92 Å². The monoisotopic (exact) mass is 498 g/mol. The molecule has 0 saturated carbocycles. The maximum Gasteiger partial charge on any atom is 0.226 e. The Labute approximate surface area is 210 Å².